The van der Waals surface area contributed by atoms with Crippen molar-refractivity contribution < 1.29 is 28.2 Å². The number of H-pyrrole nitrogens is 1. The quantitative estimate of drug-likeness (QED) is 0.0737. The Morgan fingerprint density at radius 1 is 1.08 bits per heavy atom. The predicted octanol–water partition coefficient (Wildman–Crippen LogP) is 6.72. The number of aldehydes is 2. The first-order valence-electron chi connectivity index (χ1n) is 17.0. The van der Waals surface area contributed by atoms with Crippen LogP contribution in [-0.4, -0.2) is 94.9 Å². The summed E-state index contributed by atoms with van der Waals surface area (Å²) in [7, 11) is 3.95. The van der Waals surface area contributed by atoms with Crippen LogP contribution in [0, 0.1) is 18.3 Å². The van der Waals surface area contributed by atoms with E-state index in [2.05, 4.69) is 70.0 Å². The number of hydrogen-bond acceptors (Lipinski definition) is 9. The van der Waals surface area contributed by atoms with Gasteiger partial charge in [-0.25, -0.2) is 4.39 Å². The Hall–Kier alpha value is -3.93. The molecule has 10 nitrogen and oxygen atoms in total. The van der Waals surface area contributed by atoms with E-state index in [4.69, 9.17) is 15.9 Å². The second kappa shape index (κ2) is 29.0. The average molecular weight is 686 g/mol. The zero-order valence-corrected chi connectivity index (χ0v) is 30.2. The number of anilines is 1. The topological polar surface area (TPSA) is 151 Å². The van der Waals surface area contributed by atoms with Gasteiger partial charge in [0.25, 0.3) is 6.47 Å². The molecule has 0 radical (unpaired) electrons. The lowest BCUT2D eigenvalue weighted by atomic mass is 9.93. The minimum atomic E-state index is -0.460. The summed E-state index contributed by atoms with van der Waals surface area (Å²) in [6, 6.07) is 18.5. The van der Waals surface area contributed by atoms with Crippen LogP contribution in [-0.2, 0) is 23.9 Å². The zero-order chi connectivity index (χ0) is 36.9. The van der Waals surface area contributed by atoms with Crippen molar-refractivity contribution in [3.05, 3.63) is 65.9 Å². The number of alkyl halides is 1. The number of likely N-dealkylation sites (tertiary alicyclic amines) is 1. The number of fused-ring (bicyclic) bond motifs is 1. The van der Waals surface area contributed by atoms with Gasteiger partial charge < -0.3 is 40.5 Å². The highest BCUT2D eigenvalue weighted by molar-refractivity contribution is 5.83. The van der Waals surface area contributed by atoms with E-state index in [0.717, 1.165) is 63.5 Å². The Bertz CT molecular complexity index is 1260. The van der Waals surface area contributed by atoms with Crippen LogP contribution >= 0.6 is 0 Å². The van der Waals surface area contributed by atoms with Crippen molar-refractivity contribution in [3.8, 4) is 0 Å². The number of likely N-dealkylation sites (N-methyl/N-ethyl adjacent to an activating group) is 1. The molecule has 1 aliphatic heterocycles. The van der Waals surface area contributed by atoms with E-state index in [1.54, 1.807) is 0 Å². The highest BCUT2D eigenvalue weighted by Gasteiger charge is 2.32. The molecule has 0 spiro atoms. The van der Waals surface area contributed by atoms with E-state index in [-0.39, 0.29) is 18.0 Å². The number of carbonyl (C=O) groups excluding carboxylic acids is 3. The third kappa shape index (κ3) is 19.0. The maximum absolute atomic E-state index is 11.9. The van der Waals surface area contributed by atoms with Gasteiger partial charge in [-0.1, -0.05) is 43.7 Å². The van der Waals surface area contributed by atoms with Crippen molar-refractivity contribution in [1.29, 1.82) is 5.41 Å². The Labute approximate surface area is 292 Å². The lowest BCUT2D eigenvalue weighted by molar-refractivity contribution is -0.129. The van der Waals surface area contributed by atoms with Crippen LogP contribution in [0.25, 0.3) is 10.9 Å². The van der Waals surface area contributed by atoms with E-state index in [1.165, 1.54) is 22.2 Å². The molecule has 49 heavy (non-hydrogen) atoms. The molecule has 0 saturated carbocycles. The molecule has 2 heterocycles. The Kier molecular flexibility index (Phi) is 26.7. The number of nitrogens with two attached hydrogens (primary N) is 1. The highest BCUT2D eigenvalue weighted by Crippen LogP contribution is 2.31. The average Bonchev–Trinajstić information content (AvgIpc) is 3.72. The number of nitrogens with zero attached hydrogens (tertiary/aromatic N) is 1. The molecule has 1 fully saturated rings. The molecule has 4 atom stereocenters. The third-order valence-electron chi connectivity index (χ3n) is 8.01. The molecule has 4 rings (SSSR count). The van der Waals surface area contributed by atoms with E-state index >= 15 is 0 Å². The van der Waals surface area contributed by atoms with Gasteiger partial charge in [-0.15, -0.1) is 0 Å². The molecule has 3 aromatic rings. The van der Waals surface area contributed by atoms with Crippen LogP contribution in [0.1, 0.15) is 69.5 Å². The van der Waals surface area contributed by atoms with E-state index in [1.807, 2.05) is 46.1 Å². The van der Waals surface area contributed by atoms with E-state index in [0.29, 0.717) is 32.0 Å². The molecule has 274 valence electrons. The number of nitrogens with one attached hydrogen (secondary N) is 3. The van der Waals surface area contributed by atoms with Gasteiger partial charge in [0.1, 0.15) is 19.2 Å². The van der Waals surface area contributed by atoms with Crippen molar-refractivity contribution in [2.75, 3.05) is 52.5 Å². The van der Waals surface area contributed by atoms with Crippen LogP contribution in [0.2, 0.25) is 0 Å². The molecule has 1 saturated heterocycles. The van der Waals surface area contributed by atoms with Crippen LogP contribution in [0.5, 0.6) is 0 Å². The summed E-state index contributed by atoms with van der Waals surface area (Å²) in [5, 5.41) is 9.88. The predicted molar refractivity (Wildman–Crippen MR) is 199 cm³/mol. The first kappa shape index (κ1) is 45.1. The lowest BCUT2D eigenvalue weighted by Gasteiger charge is -2.19. The zero-order valence-electron chi connectivity index (χ0n) is 30.2. The number of rotatable bonds is 16. The summed E-state index contributed by atoms with van der Waals surface area (Å²) in [4.78, 5) is 36.3. The van der Waals surface area contributed by atoms with Gasteiger partial charge >= 0.3 is 0 Å². The fourth-order valence-corrected chi connectivity index (χ4v) is 5.19. The molecule has 11 heteroatoms. The number of hydrogen-bond donors (Lipinski definition) is 4. The van der Waals surface area contributed by atoms with Crippen LogP contribution in [0.15, 0.2) is 54.6 Å². The molecule has 2 aromatic carbocycles. The standard InChI is InChI=1S/C12H15NO.C10H12N2.C9H18FNO.C6H12O3.CH3N/c1-13-8-7-11(12(13)9-14)10-5-3-2-4-6-10;1-7-5-8-6-9(11-2)3-4-10(8)12-7;1-2-8(7-12)4-3-5-9(11)6-10;1-2-8-4-3-5-9-6-7;1-2/h2-6,9,11-12H,7-8H2,1H3;3-6,11-12H,1-2H3;7-9H,2-6,11H2,1H3;6H,2-5H2,1H3;2H,1H2. The van der Waals surface area contributed by atoms with Crippen molar-refractivity contribution >= 4 is 42.4 Å². The molecule has 0 amide bonds. The molecule has 5 N–H and O–H groups in total. The second-order valence-electron chi connectivity index (χ2n) is 11.6. The Morgan fingerprint density at radius 3 is 2.37 bits per heavy atom. The molecular weight excluding hydrogens is 625 g/mol. The number of aromatic amines is 1. The van der Waals surface area contributed by atoms with Crippen molar-refractivity contribution in [1.82, 2.24) is 9.88 Å². The maximum Gasteiger partial charge on any atom is 0.293 e. The normalized spacial score (nSPS) is 16.1. The molecule has 1 aliphatic rings. The summed E-state index contributed by atoms with van der Waals surface area (Å²) in [6.07, 6.45) is 7.16. The number of ether oxygens (including phenoxy) is 2. The number of halogens is 1. The lowest BCUT2D eigenvalue weighted by Crippen LogP contribution is -2.29. The monoisotopic (exact) mass is 685 g/mol. The maximum atomic E-state index is 11.9. The minimum Gasteiger partial charge on any atom is -0.468 e. The van der Waals surface area contributed by atoms with Crippen LogP contribution < -0.4 is 11.1 Å². The van der Waals surface area contributed by atoms with Crippen LogP contribution in [0.3, 0.4) is 0 Å². The molecule has 1 aromatic heterocycles. The summed E-state index contributed by atoms with van der Waals surface area (Å²) in [6.45, 7) is 11.3. The number of benzene rings is 2. The third-order valence-corrected chi connectivity index (χ3v) is 8.01. The molecular formula is C38H60FN5O5. The van der Waals surface area contributed by atoms with Crippen molar-refractivity contribution in [2.24, 2.45) is 11.7 Å². The van der Waals surface area contributed by atoms with Gasteiger partial charge in [0, 0.05) is 66.8 Å². The van der Waals surface area contributed by atoms with Crippen molar-refractivity contribution in [3.63, 3.8) is 0 Å². The van der Waals surface area contributed by atoms with Crippen molar-refractivity contribution in [2.45, 2.75) is 77.3 Å². The van der Waals surface area contributed by atoms with E-state index in [9.17, 15) is 18.8 Å². The van der Waals surface area contributed by atoms with Crippen LogP contribution in [0.4, 0.5) is 10.1 Å². The smallest absolute Gasteiger partial charge is 0.293 e. The van der Waals surface area contributed by atoms with Gasteiger partial charge in [-0.05, 0) is 89.7 Å². The number of aryl methyl sites for hydroxylation is 1. The first-order valence-corrected chi connectivity index (χ1v) is 17.0. The Balaban J connectivity index is 0.000000623. The Morgan fingerprint density at radius 2 is 1.80 bits per heavy atom. The number of aromatic nitrogens is 1. The summed E-state index contributed by atoms with van der Waals surface area (Å²) in [5.41, 5.74) is 10.2. The SMILES string of the molecule is C=N.CCC(C=O)CCCC(N)CF.CCOCCCOC=O.CN1CCC(c2ccccc2)C1C=O.CNc1ccc2[nH]c(C)cc2c1. The van der Waals surface area contributed by atoms with E-state index < -0.39 is 6.67 Å². The fraction of sp³-hybridized carbons (Fsp3) is 0.526. The summed E-state index contributed by atoms with van der Waals surface area (Å²) >= 11 is 0. The van der Waals surface area contributed by atoms with Gasteiger partial charge in [-0.2, -0.15) is 0 Å². The molecule has 0 aliphatic carbocycles. The highest BCUT2D eigenvalue weighted by atomic mass is 19.1. The van der Waals surface area contributed by atoms with Gasteiger partial charge in [0.05, 0.1) is 12.6 Å². The molecule has 0 bridgehead atoms. The number of carbonyl (C=O) groups is 3. The van der Waals surface area contributed by atoms with Gasteiger partial charge in [0.15, 0.2) is 0 Å². The largest absolute Gasteiger partial charge is 0.468 e. The first-order chi connectivity index (χ1) is 23.8. The van der Waals surface area contributed by atoms with Gasteiger partial charge in [0.2, 0.25) is 0 Å². The van der Waals surface area contributed by atoms with Gasteiger partial charge in [-0.3, -0.25) is 9.69 Å². The summed E-state index contributed by atoms with van der Waals surface area (Å²) in [5.74, 6) is 0.524. The fourth-order valence-electron chi connectivity index (χ4n) is 5.19. The second-order valence-corrected chi connectivity index (χ2v) is 11.6. The molecule has 4 unspecified atom stereocenters. The summed E-state index contributed by atoms with van der Waals surface area (Å²) < 4.78 is 21.3. The minimum absolute atomic E-state index is 0.0670.